The van der Waals surface area contributed by atoms with Gasteiger partial charge in [-0.3, -0.25) is 4.79 Å². The number of Topliss-reactive ketones (excluding diaryl/α,β-unsaturated/α-hetero) is 1. The van der Waals surface area contributed by atoms with Crippen molar-refractivity contribution < 1.29 is 13.6 Å². The van der Waals surface area contributed by atoms with E-state index in [1.54, 1.807) is 12.1 Å². The molecule has 0 atom stereocenters. The molecular weight excluding hydrogens is 291 g/mol. The Hall–Kier alpha value is -2.13. The first-order valence-electron chi connectivity index (χ1n) is 6.50. The maximum absolute atomic E-state index is 13.7. The van der Waals surface area contributed by atoms with E-state index in [0.717, 1.165) is 10.9 Å². The number of aryl methyl sites for hydroxylation is 1. The molecule has 3 aromatic rings. The Bertz CT molecular complexity index is 836. The lowest BCUT2D eigenvalue weighted by atomic mass is 10.1. The van der Waals surface area contributed by atoms with E-state index < -0.39 is 5.82 Å². The van der Waals surface area contributed by atoms with Crippen molar-refractivity contribution in [3.8, 4) is 0 Å². The lowest BCUT2D eigenvalue weighted by molar-refractivity contribution is 0.0967. The largest absolute Gasteiger partial charge is 0.453 e. The Morgan fingerprint density at radius 1 is 1.19 bits per heavy atom. The first-order valence-corrected chi connectivity index (χ1v) is 6.88. The SMILES string of the molecule is Cc1ccc2oc(C(=O)Cc3ccc(Cl)cc3F)cc2c1. The number of rotatable bonds is 3. The predicted molar refractivity (Wildman–Crippen MR) is 80.4 cm³/mol. The number of fused-ring (bicyclic) bond motifs is 1. The third kappa shape index (κ3) is 2.83. The van der Waals surface area contributed by atoms with Crippen molar-refractivity contribution in [3.05, 3.63) is 70.2 Å². The van der Waals surface area contributed by atoms with Gasteiger partial charge >= 0.3 is 0 Å². The summed E-state index contributed by atoms with van der Waals surface area (Å²) >= 11 is 5.70. The zero-order valence-corrected chi connectivity index (χ0v) is 12.1. The summed E-state index contributed by atoms with van der Waals surface area (Å²) in [6.45, 7) is 1.97. The quantitative estimate of drug-likeness (QED) is 0.640. The molecule has 3 rings (SSSR count). The van der Waals surface area contributed by atoms with E-state index in [1.807, 2.05) is 25.1 Å². The van der Waals surface area contributed by atoms with Gasteiger partial charge in [0.2, 0.25) is 5.78 Å². The molecule has 0 fully saturated rings. The predicted octanol–water partition coefficient (Wildman–Crippen LogP) is 4.96. The van der Waals surface area contributed by atoms with Gasteiger partial charge in [0.15, 0.2) is 5.76 Å². The molecule has 1 aromatic heterocycles. The van der Waals surface area contributed by atoms with Crippen molar-refractivity contribution in [3.63, 3.8) is 0 Å². The summed E-state index contributed by atoms with van der Waals surface area (Å²) < 4.78 is 19.2. The van der Waals surface area contributed by atoms with Crippen LogP contribution in [0, 0.1) is 12.7 Å². The fraction of sp³-hybridized carbons (Fsp3) is 0.118. The second kappa shape index (κ2) is 5.34. The number of hydrogen-bond donors (Lipinski definition) is 0. The van der Waals surface area contributed by atoms with Gasteiger partial charge in [-0.05, 0) is 42.8 Å². The minimum absolute atomic E-state index is 0.0538. The van der Waals surface area contributed by atoms with Crippen LogP contribution >= 0.6 is 11.6 Å². The van der Waals surface area contributed by atoms with Crippen LogP contribution in [-0.2, 0) is 6.42 Å². The average Bonchev–Trinajstić information content (AvgIpc) is 2.85. The number of carbonyl (C=O) groups excluding carboxylic acids is 1. The molecule has 0 aliphatic rings. The van der Waals surface area contributed by atoms with Crippen molar-refractivity contribution in [1.82, 2.24) is 0 Å². The minimum Gasteiger partial charge on any atom is -0.453 e. The van der Waals surface area contributed by atoms with Crippen molar-refractivity contribution in [2.24, 2.45) is 0 Å². The molecule has 2 aromatic carbocycles. The van der Waals surface area contributed by atoms with E-state index in [1.165, 1.54) is 12.1 Å². The molecule has 21 heavy (non-hydrogen) atoms. The molecule has 0 N–H and O–H groups in total. The highest BCUT2D eigenvalue weighted by molar-refractivity contribution is 6.30. The molecule has 2 nitrogen and oxygen atoms in total. The summed E-state index contributed by atoms with van der Waals surface area (Å²) in [6.07, 6.45) is -0.0538. The summed E-state index contributed by atoms with van der Waals surface area (Å²) in [4.78, 5) is 12.2. The number of ketones is 1. The molecule has 0 radical (unpaired) electrons. The van der Waals surface area contributed by atoms with Crippen molar-refractivity contribution in [1.29, 1.82) is 0 Å². The van der Waals surface area contributed by atoms with Crippen LogP contribution in [0.25, 0.3) is 11.0 Å². The molecule has 0 amide bonds. The van der Waals surface area contributed by atoms with Crippen LogP contribution in [0.3, 0.4) is 0 Å². The van der Waals surface area contributed by atoms with Crippen molar-refractivity contribution in [2.75, 3.05) is 0 Å². The van der Waals surface area contributed by atoms with Crippen molar-refractivity contribution >= 4 is 28.4 Å². The Labute approximate surface area is 126 Å². The second-order valence-electron chi connectivity index (χ2n) is 4.99. The summed E-state index contributed by atoms with van der Waals surface area (Å²) in [7, 11) is 0. The second-order valence-corrected chi connectivity index (χ2v) is 5.42. The Morgan fingerprint density at radius 2 is 2.00 bits per heavy atom. The first-order chi connectivity index (χ1) is 10.0. The number of benzene rings is 2. The number of halogens is 2. The van der Waals surface area contributed by atoms with Gasteiger partial charge in [-0.25, -0.2) is 4.39 Å². The molecule has 0 spiro atoms. The number of hydrogen-bond acceptors (Lipinski definition) is 2. The summed E-state index contributed by atoms with van der Waals surface area (Å²) in [5, 5.41) is 1.18. The van der Waals surface area contributed by atoms with Gasteiger partial charge in [-0.15, -0.1) is 0 Å². The Kier molecular flexibility index (Phi) is 3.52. The molecule has 0 aliphatic heterocycles. The third-order valence-electron chi connectivity index (χ3n) is 3.31. The van der Waals surface area contributed by atoms with Crippen LogP contribution in [0.5, 0.6) is 0 Å². The highest BCUT2D eigenvalue weighted by atomic mass is 35.5. The standard InChI is InChI=1S/C17H12ClFO2/c1-10-2-5-16-12(6-10)8-17(21-16)15(20)7-11-3-4-13(18)9-14(11)19/h2-6,8-9H,7H2,1H3. The lowest BCUT2D eigenvalue weighted by Crippen LogP contribution is -2.03. The van der Waals surface area contributed by atoms with Gasteiger partial charge in [-0.1, -0.05) is 29.3 Å². The molecule has 4 heteroatoms. The van der Waals surface area contributed by atoms with Crippen LogP contribution in [-0.4, -0.2) is 5.78 Å². The van der Waals surface area contributed by atoms with Gasteiger partial charge in [0.05, 0.1) is 0 Å². The lowest BCUT2D eigenvalue weighted by Gasteiger charge is -2.01. The molecule has 1 heterocycles. The smallest absolute Gasteiger partial charge is 0.202 e. The van der Waals surface area contributed by atoms with E-state index in [2.05, 4.69) is 0 Å². The minimum atomic E-state index is -0.484. The average molecular weight is 303 g/mol. The van der Waals surface area contributed by atoms with Gasteiger partial charge < -0.3 is 4.42 Å². The van der Waals surface area contributed by atoms with E-state index in [0.29, 0.717) is 16.2 Å². The molecule has 106 valence electrons. The van der Waals surface area contributed by atoms with Crippen LogP contribution < -0.4 is 0 Å². The summed E-state index contributed by atoms with van der Waals surface area (Å²) in [5.41, 5.74) is 2.05. The fourth-order valence-corrected chi connectivity index (χ4v) is 2.38. The topological polar surface area (TPSA) is 30.2 Å². The van der Waals surface area contributed by atoms with Gasteiger partial charge in [-0.2, -0.15) is 0 Å². The van der Waals surface area contributed by atoms with Gasteiger partial charge in [0, 0.05) is 16.8 Å². The molecule has 0 aliphatic carbocycles. The molecule has 0 bridgehead atoms. The normalized spacial score (nSPS) is 11.0. The molecule has 0 unspecified atom stereocenters. The molecule has 0 saturated heterocycles. The molecular formula is C17H12ClFO2. The van der Waals surface area contributed by atoms with Crippen LogP contribution in [0.15, 0.2) is 46.9 Å². The summed E-state index contributed by atoms with van der Waals surface area (Å²) in [6, 6.07) is 11.7. The summed E-state index contributed by atoms with van der Waals surface area (Å²) in [5.74, 6) is -0.502. The highest BCUT2D eigenvalue weighted by Gasteiger charge is 2.15. The molecule has 0 saturated carbocycles. The van der Waals surface area contributed by atoms with E-state index in [9.17, 15) is 9.18 Å². The van der Waals surface area contributed by atoms with Crippen molar-refractivity contribution in [2.45, 2.75) is 13.3 Å². The van der Waals surface area contributed by atoms with E-state index in [-0.39, 0.29) is 18.0 Å². The van der Waals surface area contributed by atoms with Crippen LogP contribution in [0.2, 0.25) is 5.02 Å². The van der Waals surface area contributed by atoms with E-state index >= 15 is 0 Å². The number of furan rings is 1. The van der Waals surface area contributed by atoms with E-state index in [4.69, 9.17) is 16.0 Å². The Morgan fingerprint density at radius 3 is 2.76 bits per heavy atom. The third-order valence-corrected chi connectivity index (χ3v) is 3.55. The monoisotopic (exact) mass is 302 g/mol. The van der Waals surface area contributed by atoms with Gasteiger partial charge in [0.25, 0.3) is 0 Å². The van der Waals surface area contributed by atoms with Gasteiger partial charge in [0.1, 0.15) is 11.4 Å². The number of carbonyl (C=O) groups is 1. The zero-order valence-electron chi connectivity index (χ0n) is 11.3. The highest BCUT2D eigenvalue weighted by Crippen LogP contribution is 2.23. The first kappa shape index (κ1) is 13.8. The zero-order chi connectivity index (χ0) is 15.0. The maximum Gasteiger partial charge on any atom is 0.202 e. The van der Waals surface area contributed by atoms with Crippen LogP contribution in [0.1, 0.15) is 21.7 Å². The van der Waals surface area contributed by atoms with Crippen LogP contribution in [0.4, 0.5) is 4.39 Å². The Balaban J connectivity index is 1.89. The maximum atomic E-state index is 13.7. The fourth-order valence-electron chi connectivity index (χ4n) is 2.23.